The van der Waals surface area contributed by atoms with Gasteiger partial charge in [0, 0.05) is 25.3 Å². The molecule has 1 aliphatic rings. The molecule has 0 amide bonds. The van der Waals surface area contributed by atoms with Gasteiger partial charge in [-0.2, -0.15) is 0 Å². The van der Waals surface area contributed by atoms with Crippen molar-refractivity contribution in [2.75, 3.05) is 25.6 Å². The Morgan fingerprint density at radius 3 is 3.00 bits per heavy atom. The van der Waals surface area contributed by atoms with Gasteiger partial charge >= 0.3 is 5.97 Å². The molecule has 3 rings (SSSR count). The van der Waals surface area contributed by atoms with Crippen LogP contribution < -0.4 is 4.90 Å². The molecule has 0 radical (unpaired) electrons. The fourth-order valence-corrected chi connectivity index (χ4v) is 4.06. The Kier molecular flexibility index (Phi) is 5.20. The number of carbonyl (C=O) groups is 1. The Morgan fingerprint density at radius 1 is 1.52 bits per heavy atom. The number of benzene rings is 1. The topological polar surface area (TPSA) is 62.7 Å². The maximum absolute atomic E-state index is 12.5. The van der Waals surface area contributed by atoms with Gasteiger partial charge in [-0.05, 0) is 37.5 Å². The number of esters is 1. The monoisotopic (exact) mass is 358 g/mol. The van der Waals surface area contributed by atoms with Crippen molar-refractivity contribution in [2.24, 2.45) is 0 Å². The molecule has 0 saturated carbocycles. The Hall–Kier alpha value is -2.18. The molecule has 5 nitrogen and oxygen atoms in total. The van der Waals surface area contributed by atoms with Crippen molar-refractivity contribution in [3.63, 3.8) is 0 Å². The van der Waals surface area contributed by atoms with Crippen LogP contribution in [0.25, 0.3) is 10.6 Å². The highest BCUT2D eigenvalue weighted by Crippen LogP contribution is 2.39. The Labute approximate surface area is 151 Å². The van der Waals surface area contributed by atoms with E-state index in [1.165, 1.54) is 11.3 Å². The van der Waals surface area contributed by atoms with Crippen LogP contribution in [0.3, 0.4) is 0 Å². The highest BCUT2D eigenvalue weighted by Gasteiger charge is 2.25. The van der Waals surface area contributed by atoms with Gasteiger partial charge in [-0.25, -0.2) is 9.78 Å². The first-order chi connectivity index (χ1) is 12.0. The van der Waals surface area contributed by atoms with Crippen LogP contribution in [0.1, 0.15) is 39.9 Å². The van der Waals surface area contributed by atoms with Crippen LogP contribution in [0.5, 0.6) is 0 Å². The molecule has 1 aromatic heterocycles. The van der Waals surface area contributed by atoms with E-state index in [1.807, 2.05) is 37.2 Å². The quantitative estimate of drug-likeness (QED) is 0.654. The van der Waals surface area contributed by atoms with Crippen molar-refractivity contribution in [1.82, 2.24) is 4.98 Å². The summed E-state index contributed by atoms with van der Waals surface area (Å²) in [7, 11) is 3.85. The summed E-state index contributed by atoms with van der Waals surface area (Å²) < 4.78 is 5.25. The maximum Gasteiger partial charge on any atom is 0.339 e. The standard InChI is InChI=1S/C19H22N2O3S/c1-4-10-24-19(23)14-11-12(21(2)3)8-9-13(14)18-20-15-6-5-7-16(22)17(15)25-18/h4,8-9,11,16,22H,1,5-7,10H2,2-3H3. The zero-order valence-electron chi connectivity index (χ0n) is 14.5. The number of rotatable bonds is 5. The van der Waals surface area contributed by atoms with Crippen LogP contribution in [0.15, 0.2) is 30.9 Å². The molecular weight excluding hydrogens is 336 g/mol. The van der Waals surface area contributed by atoms with E-state index < -0.39 is 12.1 Å². The number of nitrogens with zero attached hydrogens (tertiary/aromatic N) is 2. The van der Waals surface area contributed by atoms with E-state index in [-0.39, 0.29) is 6.61 Å². The second-order valence-corrected chi connectivity index (χ2v) is 7.28. The molecule has 1 N–H and O–H groups in total. The number of aryl methyl sites for hydroxylation is 1. The van der Waals surface area contributed by atoms with Crippen LogP contribution in [0.2, 0.25) is 0 Å². The minimum Gasteiger partial charge on any atom is -0.458 e. The third kappa shape index (κ3) is 3.60. The summed E-state index contributed by atoms with van der Waals surface area (Å²) in [5.74, 6) is -0.396. The molecule has 0 fully saturated rings. The summed E-state index contributed by atoms with van der Waals surface area (Å²) in [6.07, 6.45) is 3.67. The second-order valence-electron chi connectivity index (χ2n) is 6.25. The van der Waals surface area contributed by atoms with Gasteiger partial charge in [0.2, 0.25) is 0 Å². The highest BCUT2D eigenvalue weighted by molar-refractivity contribution is 7.15. The lowest BCUT2D eigenvalue weighted by Crippen LogP contribution is -2.12. The molecule has 0 saturated heterocycles. The lowest BCUT2D eigenvalue weighted by molar-refractivity contribution is 0.0550. The third-order valence-corrected chi connectivity index (χ3v) is 5.46. The highest BCUT2D eigenvalue weighted by atomic mass is 32.1. The number of hydrogen-bond acceptors (Lipinski definition) is 6. The number of aliphatic hydroxyl groups excluding tert-OH is 1. The molecule has 132 valence electrons. The first-order valence-corrected chi connectivity index (χ1v) is 9.10. The summed E-state index contributed by atoms with van der Waals surface area (Å²) in [6.45, 7) is 3.75. The van der Waals surface area contributed by atoms with Crippen LogP contribution in [-0.4, -0.2) is 36.8 Å². The molecule has 1 aromatic carbocycles. The molecule has 1 atom stereocenters. The van der Waals surface area contributed by atoms with Gasteiger partial charge < -0.3 is 14.7 Å². The van der Waals surface area contributed by atoms with E-state index in [1.54, 1.807) is 6.08 Å². The first-order valence-electron chi connectivity index (χ1n) is 8.28. The van der Waals surface area contributed by atoms with E-state index in [0.717, 1.165) is 46.1 Å². The summed E-state index contributed by atoms with van der Waals surface area (Å²) >= 11 is 1.46. The van der Waals surface area contributed by atoms with Crippen molar-refractivity contribution < 1.29 is 14.6 Å². The lowest BCUT2D eigenvalue weighted by Gasteiger charge is -2.15. The zero-order valence-corrected chi connectivity index (χ0v) is 15.3. The smallest absolute Gasteiger partial charge is 0.339 e. The van der Waals surface area contributed by atoms with E-state index in [9.17, 15) is 9.90 Å². The molecule has 6 heteroatoms. The molecule has 1 heterocycles. The van der Waals surface area contributed by atoms with Gasteiger partial charge in [-0.1, -0.05) is 12.7 Å². The largest absolute Gasteiger partial charge is 0.458 e. The molecule has 25 heavy (non-hydrogen) atoms. The molecular formula is C19H22N2O3S. The minimum absolute atomic E-state index is 0.164. The Bertz CT molecular complexity index is 798. The van der Waals surface area contributed by atoms with E-state index >= 15 is 0 Å². The van der Waals surface area contributed by atoms with Crippen LogP contribution in [0.4, 0.5) is 5.69 Å². The predicted molar refractivity (Wildman–Crippen MR) is 100 cm³/mol. The van der Waals surface area contributed by atoms with Gasteiger partial charge in [-0.15, -0.1) is 11.3 Å². The summed E-state index contributed by atoms with van der Waals surface area (Å²) in [4.78, 5) is 20.1. The normalized spacial score (nSPS) is 16.2. The van der Waals surface area contributed by atoms with E-state index in [2.05, 4.69) is 11.6 Å². The fraction of sp³-hybridized carbons (Fsp3) is 0.368. The van der Waals surface area contributed by atoms with Gasteiger partial charge in [0.25, 0.3) is 0 Å². The van der Waals surface area contributed by atoms with Gasteiger partial charge in [0.15, 0.2) is 0 Å². The molecule has 0 aliphatic heterocycles. The first kappa shape index (κ1) is 17.6. The second kappa shape index (κ2) is 7.37. The molecule has 1 aliphatic carbocycles. The summed E-state index contributed by atoms with van der Waals surface area (Å²) in [6, 6.07) is 5.67. The molecule has 0 spiro atoms. The fourth-order valence-electron chi connectivity index (χ4n) is 2.89. The van der Waals surface area contributed by atoms with Crippen LogP contribution in [0, 0.1) is 0 Å². The van der Waals surface area contributed by atoms with Crippen LogP contribution >= 0.6 is 11.3 Å². The van der Waals surface area contributed by atoms with Crippen molar-refractivity contribution in [3.8, 4) is 10.6 Å². The third-order valence-electron chi connectivity index (χ3n) is 4.22. The Morgan fingerprint density at radius 2 is 2.32 bits per heavy atom. The van der Waals surface area contributed by atoms with E-state index in [0.29, 0.717) is 5.56 Å². The van der Waals surface area contributed by atoms with Gasteiger partial charge in [0.05, 0.1) is 22.2 Å². The number of carbonyl (C=O) groups excluding carboxylic acids is 1. The SMILES string of the molecule is C=CCOC(=O)c1cc(N(C)C)ccc1-c1nc2c(s1)C(O)CCC2. The number of aromatic nitrogens is 1. The number of anilines is 1. The summed E-state index contributed by atoms with van der Waals surface area (Å²) in [5, 5.41) is 10.9. The van der Waals surface area contributed by atoms with Crippen LogP contribution in [-0.2, 0) is 11.2 Å². The molecule has 2 aromatic rings. The van der Waals surface area contributed by atoms with E-state index in [4.69, 9.17) is 4.74 Å². The zero-order chi connectivity index (χ0) is 18.0. The number of thiazole rings is 1. The van der Waals surface area contributed by atoms with Gasteiger partial charge in [-0.3, -0.25) is 0 Å². The van der Waals surface area contributed by atoms with Crippen molar-refractivity contribution >= 4 is 23.0 Å². The molecule has 1 unspecified atom stereocenters. The lowest BCUT2D eigenvalue weighted by atomic mass is 10.0. The van der Waals surface area contributed by atoms with Crippen molar-refractivity contribution in [2.45, 2.75) is 25.4 Å². The van der Waals surface area contributed by atoms with Gasteiger partial charge in [0.1, 0.15) is 11.6 Å². The number of ether oxygens (including phenoxy) is 1. The number of hydrogen-bond donors (Lipinski definition) is 1. The minimum atomic E-state index is -0.452. The average Bonchev–Trinajstić information content (AvgIpc) is 3.04. The average molecular weight is 358 g/mol. The Balaban J connectivity index is 2.05. The predicted octanol–water partition coefficient (Wildman–Crippen LogP) is 3.59. The van der Waals surface area contributed by atoms with Crippen molar-refractivity contribution in [3.05, 3.63) is 47.0 Å². The number of fused-ring (bicyclic) bond motifs is 1. The van der Waals surface area contributed by atoms with Crippen molar-refractivity contribution in [1.29, 1.82) is 0 Å². The molecule has 0 bridgehead atoms. The summed E-state index contributed by atoms with van der Waals surface area (Å²) in [5.41, 5.74) is 3.08. The number of aliphatic hydroxyl groups is 1. The maximum atomic E-state index is 12.5.